The van der Waals surface area contributed by atoms with Crippen LogP contribution in [0.4, 0.5) is 5.82 Å². The predicted octanol–water partition coefficient (Wildman–Crippen LogP) is 0.621. The third-order valence-corrected chi connectivity index (χ3v) is 2.80. The van der Waals surface area contributed by atoms with Crippen LogP contribution in [0.5, 0.6) is 0 Å². The second kappa shape index (κ2) is 5.43. The Morgan fingerprint density at radius 1 is 1.26 bits per heavy atom. The molecule has 2 heterocycles. The molecule has 0 aliphatic carbocycles. The fraction of sp³-hybridized carbons (Fsp3) is 0.231. The Bertz CT molecular complexity index is 531. The topological polar surface area (TPSA) is 79.4 Å². The molecule has 0 spiro atoms. The van der Waals surface area contributed by atoms with E-state index in [4.69, 9.17) is 0 Å². The minimum atomic E-state index is -0.374. The summed E-state index contributed by atoms with van der Waals surface area (Å²) in [6.45, 7) is 0.0945. The van der Waals surface area contributed by atoms with Gasteiger partial charge in [0.05, 0.1) is 0 Å². The summed E-state index contributed by atoms with van der Waals surface area (Å²) < 4.78 is 0. The summed E-state index contributed by atoms with van der Waals surface area (Å²) in [6.07, 6.45) is 3.98. The molecule has 0 bridgehead atoms. The molecule has 1 aromatic rings. The average molecular weight is 259 g/mol. The normalized spacial score (nSPS) is 14.1. The van der Waals surface area contributed by atoms with Crippen LogP contribution in [0.15, 0.2) is 30.5 Å². The number of amides is 2. The first-order chi connectivity index (χ1) is 9.11. The van der Waals surface area contributed by atoms with Gasteiger partial charge in [-0.25, -0.2) is 4.98 Å². The van der Waals surface area contributed by atoms with E-state index in [1.54, 1.807) is 19.2 Å². The van der Waals surface area contributed by atoms with E-state index >= 15 is 0 Å². The molecule has 0 unspecified atom stereocenters. The summed E-state index contributed by atoms with van der Waals surface area (Å²) in [4.78, 5) is 39.6. The number of anilines is 1. The van der Waals surface area contributed by atoms with Crippen molar-refractivity contribution in [1.29, 1.82) is 0 Å². The molecule has 6 nitrogen and oxygen atoms in total. The van der Waals surface area contributed by atoms with Crippen molar-refractivity contribution < 1.29 is 14.4 Å². The fourth-order valence-corrected chi connectivity index (χ4v) is 1.72. The number of aromatic nitrogens is 1. The van der Waals surface area contributed by atoms with Crippen LogP contribution in [0.1, 0.15) is 16.8 Å². The lowest BCUT2D eigenvalue weighted by Gasteiger charge is -2.12. The number of carbonyl (C=O) groups excluding carboxylic acids is 3. The Morgan fingerprint density at radius 2 is 1.95 bits per heavy atom. The Hall–Kier alpha value is -2.50. The van der Waals surface area contributed by atoms with Crippen LogP contribution in [0, 0.1) is 0 Å². The van der Waals surface area contributed by atoms with E-state index < -0.39 is 0 Å². The number of pyridine rings is 1. The second-order valence-electron chi connectivity index (χ2n) is 4.02. The van der Waals surface area contributed by atoms with Crippen molar-refractivity contribution in [2.24, 2.45) is 0 Å². The minimum Gasteiger partial charge on any atom is -0.373 e. The highest BCUT2D eigenvalue weighted by Gasteiger charge is 2.23. The SMILES string of the molecule is CNc1ccc(C(=O)CCN2C(=O)C=CC2=O)cn1. The van der Waals surface area contributed by atoms with Gasteiger partial charge in [-0.2, -0.15) is 0 Å². The quantitative estimate of drug-likeness (QED) is 0.619. The monoisotopic (exact) mass is 259 g/mol. The molecule has 1 aromatic heterocycles. The van der Waals surface area contributed by atoms with Crippen molar-refractivity contribution in [3.63, 3.8) is 0 Å². The van der Waals surface area contributed by atoms with E-state index in [0.717, 1.165) is 4.90 Å². The van der Waals surface area contributed by atoms with Crippen LogP contribution >= 0.6 is 0 Å². The van der Waals surface area contributed by atoms with Crippen LogP contribution in [-0.4, -0.2) is 41.1 Å². The maximum Gasteiger partial charge on any atom is 0.253 e. The van der Waals surface area contributed by atoms with Crippen molar-refractivity contribution in [3.8, 4) is 0 Å². The fourth-order valence-electron chi connectivity index (χ4n) is 1.72. The van der Waals surface area contributed by atoms with E-state index in [2.05, 4.69) is 10.3 Å². The van der Waals surface area contributed by atoms with Gasteiger partial charge < -0.3 is 5.32 Å². The van der Waals surface area contributed by atoms with Crippen LogP contribution < -0.4 is 5.32 Å². The first-order valence-electron chi connectivity index (χ1n) is 5.82. The molecule has 1 aliphatic heterocycles. The molecule has 0 radical (unpaired) electrons. The van der Waals surface area contributed by atoms with Gasteiger partial charge in [-0.1, -0.05) is 0 Å². The number of imide groups is 1. The van der Waals surface area contributed by atoms with Gasteiger partial charge in [-0.05, 0) is 12.1 Å². The molecule has 0 saturated heterocycles. The second-order valence-corrected chi connectivity index (χ2v) is 4.02. The van der Waals surface area contributed by atoms with Crippen LogP contribution in [0.25, 0.3) is 0 Å². The van der Waals surface area contributed by atoms with E-state index in [0.29, 0.717) is 11.4 Å². The summed E-state index contributed by atoms with van der Waals surface area (Å²) in [6, 6.07) is 3.36. The van der Waals surface area contributed by atoms with Crippen molar-refractivity contribution in [1.82, 2.24) is 9.88 Å². The number of carbonyl (C=O) groups is 3. The highest BCUT2D eigenvalue weighted by molar-refractivity contribution is 6.13. The highest BCUT2D eigenvalue weighted by atomic mass is 16.2. The Morgan fingerprint density at radius 3 is 2.47 bits per heavy atom. The standard InChI is InChI=1S/C13H13N3O3/c1-14-11-3-2-9(8-15-11)10(17)6-7-16-12(18)4-5-13(16)19/h2-5,8H,6-7H2,1H3,(H,14,15). The summed E-state index contributed by atoms with van der Waals surface area (Å²) in [5.74, 6) is -0.226. The van der Waals surface area contributed by atoms with E-state index in [1.807, 2.05) is 0 Å². The molecular weight excluding hydrogens is 246 g/mol. The molecule has 2 amide bonds. The lowest BCUT2D eigenvalue weighted by molar-refractivity contribution is -0.136. The lowest BCUT2D eigenvalue weighted by Crippen LogP contribution is -2.32. The number of hydrogen-bond donors (Lipinski definition) is 1. The summed E-state index contributed by atoms with van der Waals surface area (Å²) >= 11 is 0. The number of rotatable bonds is 5. The predicted molar refractivity (Wildman–Crippen MR) is 68.6 cm³/mol. The highest BCUT2D eigenvalue weighted by Crippen LogP contribution is 2.09. The number of hydrogen-bond acceptors (Lipinski definition) is 5. The third-order valence-electron chi connectivity index (χ3n) is 2.80. The number of nitrogens with one attached hydrogen (secondary N) is 1. The summed E-state index contributed by atoms with van der Waals surface area (Å²) in [5, 5.41) is 2.85. The van der Waals surface area contributed by atoms with Gasteiger partial charge in [0.1, 0.15) is 5.82 Å². The zero-order valence-electron chi connectivity index (χ0n) is 10.4. The molecule has 0 fully saturated rings. The zero-order valence-corrected chi connectivity index (χ0v) is 10.4. The molecule has 98 valence electrons. The van der Waals surface area contributed by atoms with Gasteiger partial charge in [0.2, 0.25) is 0 Å². The third kappa shape index (κ3) is 2.85. The molecule has 0 saturated carbocycles. The summed E-state index contributed by atoms with van der Waals surface area (Å²) in [5.41, 5.74) is 0.464. The molecule has 1 N–H and O–H groups in total. The molecule has 0 aromatic carbocycles. The van der Waals surface area contributed by atoms with Crippen LogP contribution in [0.2, 0.25) is 0 Å². The molecule has 6 heteroatoms. The maximum atomic E-state index is 11.9. The maximum absolute atomic E-state index is 11.9. The van der Waals surface area contributed by atoms with E-state index in [9.17, 15) is 14.4 Å². The van der Waals surface area contributed by atoms with Gasteiger partial charge >= 0.3 is 0 Å². The van der Waals surface area contributed by atoms with Gasteiger partial charge in [0, 0.05) is 43.9 Å². The smallest absolute Gasteiger partial charge is 0.253 e. The van der Waals surface area contributed by atoms with Crippen molar-refractivity contribution in [2.75, 3.05) is 18.9 Å². The first kappa shape index (κ1) is 12.9. The Labute approximate surface area is 110 Å². The van der Waals surface area contributed by atoms with Gasteiger partial charge in [0.15, 0.2) is 5.78 Å². The summed E-state index contributed by atoms with van der Waals surface area (Å²) in [7, 11) is 1.74. The van der Waals surface area contributed by atoms with Crippen molar-refractivity contribution in [3.05, 3.63) is 36.0 Å². The van der Waals surface area contributed by atoms with Crippen molar-refractivity contribution >= 4 is 23.4 Å². The molecule has 19 heavy (non-hydrogen) atoms. The first-order valence-corrected chi connectivity index (χ1v) is 5.82. The minimum absolute atomic E-state index is 0.0945. The van der Waals surface area contributed by atoms with Crippen LogP contribution in [0.3, 0.4) is 0 Å². The molecule has 2 rings (SSSR count). The Balaban J connectivity index is 1.94. The van der Waals surface area contributed by atoms with Gasteiger partial charge in [-0.15, -0.1) is 0 Å². The van der Waals surface area contributed by atoms with Crippen molar-refractivity contribution in [2.45, 2.75) is 6.42 Å². The van der Waals surface area contributed by atoms with E-state index in [-0.39, 0.29) is 30.6 Å². The van der Waals surface area contributed by atoms with Gasteiger partial charge in [-0.3, -0.25) is 19.3 Å². The Kier molecular flexibility index (Phi) is 3.70. The average Bonchev–Trinajstić information content (AvgIpc) is 2.75. The largest absolute Gasteiger partial charge is 0.373 e. The molecule has 1 aliphatic rings. The number of Topliss-reactive ketones (excluding diaryl/α,β-unsaturated/α-hetero) is 1. The molecule has 0 atom stereocenters. The van der Waals surface area contributed by atoms with E-state index in [1.165, 1.54) is 18.3 Å². The molecular formula is C13H13N3O3. The number of nitrogens with zero attached hydrogens (tertiary/aromatic N) is 2. The van der Waals surface area contributed by atoms with Gasteiger partial charge in [0.25, 0.3) is 11.8 Å². The van der Waals surface area contributed by atoms with Crippen LogP contribution in [-0.2, 0) is 9.59 Å². The zero-order chi connectivity index (χ0) is 13.8. The lowest BCUT2D eigenvalue weighted by atomic mass is 10.1. The number of ketones is 1.